The number of likely N-dealkylation sites (tertiary alicyclic amines) is 2. The van der Waals surface area contributed by atoms with Gasteiger partial charge in [-0.05, 0) is 39.4 Å². The van der Waals surface area contributed by atoms with E-state index in [1.54, 1.807) is 0 Å². The van der Waals surface area contributed by atoms with Gasteiger partial charge in [-0.2, -0.15) is 0 Å². The summed E-state index contributed by atoms with van der Waals surface area (Å²) in [7, 11) is 2.07. The van der Waals surface area contributed by atoms with Crippen molar-refractivity contribution in [2.75, 3.05) is 26.7 Å². The van der Waals surface area contributed by atoms with Crippen LogP contribution in [0.3, 0.4) is 0 Å². The Morgan fingerprint density at radius 3 is 2.47 bits per heavy atom. The number of rotatable bonds is 1. The van der Waals surface area contributed by atoms with Crippen molar-refractivity contribution >= 4 is 11.8 Å². The number of carbonyl (C=O) groups excluding carboxylic acids is 2. The quantitative estimate of drug-likeness (QED) is 0.591. The number of hydrogen-bond acceptors (Lipinski definition) is 3. The summed E-state index contributed by atoms with van der Waals surface area (Å²) in [5, 5.41) is 0. The standard InChI is InChI=1S/C11H18N2O2/c1-12-7-4-9(5-8-12)11(15)13-6-2-3-10(13)14/h9H,2-8H2,1H3. The molecule has 4 nitrogen and oxygen atoms in total. The van der Waals surface area contributed by atoms with Crippen LogP contribution in [-0.2, 0) is 9.59 Å². The van der Waals surface area contributed by atoms with Crippen LogP contribution in [0.5, 0.6) is 0 Å². The lowest BCUT2D eigenvalue weighted by atomic mass is 9.96. The Morgan fingerprint density at radius 2 is 1.93 bits per heavy atom. The lowest BCUT2D eigenvalue weighted by molar-refractivity contribution is -0.145. The van der Waals surface area contributed by atoms with Gasteiger partial charge in [0, 0.05) is 18.9 Å². The molecule has 0 aromatic rings. The van der Waals surface area contributed by atoms with Crippen LogP contribution in [0.4, 0.5) is 0 Å². The summed E-state index contributed by atoms with van der Waals surface area (Å²) in [6.45, 7) is 2.58. The van der Waals surface area contributed by atoms with E-state index in [2.05, 4.69) is 11.9 Å². The van der Waals surface area contributed by atoms with Crippen LogP contribution in [0.2, 0.25) is 0 Å². The predicted molar refractivity (Wildman–Crippen MR) is 56.2 cm³/mol. The highest BCUT2D eigenvalue weighted by Crippen LogP contribution is 2.21. The van der Waals surface area contributed by atoms with Crippen molar-refractivity contribution in [3.63, 3.8) is 0 Å². The van der Waals surface area contributed by atoms with Crippen LogP contribution in [0.15, 0.2) is 0 Å². The molecule has 0 unspecified atom stereocenters. The summed E-state index contributed by atoms with van der Waals surface area (Å²) in [5.41, 5.74) is 0. The van der Waals surface area contributed by atoms with Crippen molar-refractivity contribution in [2.24, 2.45) is 5.92 Å². The van der Waals surface area contributed by atoms with Crippen molar-refractivity contribution in [3.8, 4) is 0 Å². The van der Waals surface area contributed by atoms with E-state index in [0.717, 1.165) is 32.4 Å². The minimum Gasteiger partial charge on any atom is -0.306 e. The summed E-state index contributed by atoms with van der Waals surface area (Å²) in [6, 6.07) is 0. The van der Waals surface area contributed by atoms with Crippen molar-refractivity contribution in [1.29, 1.82) is 0 Å². The molecule has 84 valence electrons. The van der Waals surface area contributed by atoms with Gasteiger partial charge in [-0.25, -0.2) is 0 Å². The van der Waals surface area contributed by atoms with Gasteiger partial charge in [0.15, 0.2) is 0 Å². The molecule has 4 heteroatoms. The smallest absolute Gasteiger partial charge is 0.232 e. The summed E-state index contributed by atoms with van der Waals surface area (Å²) >= 11 is 0. The fourth-order valence-electron chi connectivity index (χ4n) is 2.36. The Kier molecular flexibility index (Phi) is 3.05. The van der Waals surface area contributed by atoms with E-state index < -0.39 is 0 Å². The average molecular weight is 210 g/mol. The lowest BCUT2D eigenvalue weighted by Crippen LogP contribution is -2.42. The van der Waals surface area contributed by atoms with E-state index in [-0.39, 0.29) is 17.7 Å². The number of imide groups is 1. The minimum absolute atomic E-state index is 0.0268. The first-order valence-electron chi connectivity index (χ1n) is 5.71. The van der Waals surface area contributed by atoms with Gasteiger partial charge in [-0.3, -0.25) is 14.5 Å². The highest BCUT2D eigenvalue weighted by atomic mass is 16.2. The number of piperidine rings is 1. The van der Waals surface area contributed by atoms with E-state index in [4.69, 9.17) is 0 Å². The van der Waals surface area contributed by atoms with Crippen LogP contribution in [0.25, 0.3) is 0 Å². The number of hydrogen-bond donors (Lipinski definition) is 0. The molecule has 2 aliphatic heterocycles. The molecule has 0 saturated carbocycles. The second-order valence-electron chi connectivity index (χ2n) is 4.56. The summed E-state index contributed by atoms with van der Waals surface area (Å²) in [4.78, 5) is 27.1. The molecular weight excluding hydrogens is 192 g/mol. The fraction of sp³-hybridized carbons (Fsp3) is 0.818. The first kappa shape index (κ1) is 10.6. The lowest BCUT2D eigenvalue weighted by Gasteiger charge is -2.30. The van der Waals surface area contributed by atoms with Crippen molar-refractivity contribution in [1.82, 2.24) is 9.80 Å². The third-order valence-electron chi connectivity index (χ3n) is 3.41. The molecule has 0 N–H and O–H groups in total. The van der Waals surface area contributed by atoms with Gasteiger partial charge in [-0.1, -0.05) is 0 Å². The normalized spacial score (nSPS) is 24.9. The molecule has 0 aromatic heterocycles. The number of carbonyl (C=O) groups is 2. The average Bonchev–Trinajstić information content (AvgIpc) is 2.65. The van der Waals surface area contributed by atoms with Crippen LogP contribution in [0.1, 0.15) is 25.7 Å². The van der Waals surface area contributed by atoms with Crippen molar-refractivity contribution < 1.29 is 9.59 Å². The maximum Gasteiger partial charge on any atom is 0.232 e. The zero-order valence-electron chi connectivity index (χ0n) is 9.24. The maximum atomic E-state index is 12.0. The molecule has 2 heterocycles. The highest BCUT2D eigenvalue weighted by Gasteiger charge is 2.32. The third-order valence-corrected chi connectivity index (χ3v) is 3.41. The van der Waals surface area contributed by atoms with E-state index in [1.807, 2.05) is 0 Å². The van der Waals surface area contributed by atoms with Gasteiger partial charge in [0.05, 0.1) is 0 Å². The SMILES string of the molecule is CN1CCC(C(=O)N2CCCC2=O)CC1. The molecular formula is C11H18N2O2. The summed E-state index contributed by atoms with van der Waals surface area (Å²) in [6.07, 6.45) is 3.20. The zero-order chi connectivity index (χ0) is 10.8. The molecule has 2 rings (SSSR count). The molecule has 0 spiro atoms. The summed E-state index contributed by atoms with van der Waals surface area (Å²) < 4.78 is 0. The molecule has 0 atom stereocenters. The molecule has 0 bridgehead atoms. The van der Waals surface area contributed by atoms with Crippen LogP contribution >= 0.6 is 0 Å². The van der Waals surface area contributed by atoms with E-state index in [1.165, 1.54) is 4.90 Å². The first-order chi connectivity index (χ1) is 7.18. The number of nitrogens with zero attached hydrogens (tertiary/aromatic N) is 2. The van der Waals surface area contributed by atoms with Crippen LogP contribution < -0.4 is 0 Å². The maximum absolute atomic E-state index is 12.0. The van der Waals surface area contributed by atoms with Gasteiger partial charge in [0.25, 0.3) is 0 Å². The van der Waals surface area contributed by atoms with E-state index in [9.17, 15) is 9.59 Å². The molecule has 2 fully saturated rings. The minimum atomic E-state index is 0.0268. The topological polar surface area (TPSA) is 40.6 Å². The largest absolute Gasteiger partial charge is 0.306 e. The van der Waals surface area contributed by atoms with Crippen molar-refractivity contribution in [2.45, 2.75) is 25.7 Å². The third kappa shape index (κ3) is 2.20. The van der Waals surface area contributed by atoms with E-state index >= 15 is 0 Å². The Balaban J connectivity index is 1.93. The Bertz CT molecular complexity index is 270. The monoisotopic (exact) mass is 210 g/mol. The first-order valence-corrected chi connectivity index (χ1v) is 5.71. The Labute approximate surface area is 90.2 Å². The second-order valence-corrected chi connectivity index (χ2v) is 4.56. The van der Waals surface area contributed by atoms with Gasteiger partial charge >= 0.3 is 0 Å². The molecule has 15 heavy (non-hydrogen) atoms. The van der Waals surface area contributed by atoms with Crippen LogP contribution in [-0.4, -0.2) is 48.3 Å². The molecule has 2 saturated heterocycles. The second kappa shape index (κ2) is 4.31. The Morgan fingerprint density at radius 1 is 1.27 bits per heavy atom. The molecule has 0 aromatic carbocycles. The Hall–Kier alpha value is -0.900. The fourth-order valence-corrected chi connectivity index (χ4v) is 2.36. The number of amides is 2. The van der Waals surface area contributed by atoms with Gasteiger partial charge in [0.1, 0.15) is 0 Å². The van der Waals surface area contributed by atoms with Gasteiger partial charge < -0.3 is 4.90 Å². The van der Waals surface area contributed by atoms with Crippen molar-refractivity contribution in [3.05, 3.63) is 0 Å². The molecule has 2 aliphatic rings. The molecule has 0 radical (unpaired) electrons. The van der Waals surface area contributed by atoms with Gasteiger partial charge in [0.2, 0.25) is 11.8 Å². The molecule has 2 amide bonds. The van der Waals surface area contributed by atoms with E-state index in [0.29, 0.717) is 13.0 Å². The highest BCUT2D eigenvalue weighted by molar-refractivity contribution is 5.97. The summed E-state index contributed by atoms with van der Waals surface area (Å²) in [5.74, 6) is 0.188. The van der Waals surface area contributed by atoms with Gasteiger partial charge in [-0.15, -0.1) is 0 Å². The van der Waals surface area contributed by atoms with Crippen LogP contribution in [0, 0.1) is 5.92 Å². The molecule has 0 aliphatic carbocycles. The zero-order valence-corrected chi connectivity index (χ0v) is 9.24. The predicted octanol–water partition coefficient (Wildman–Crippen LogP) is 0.477.